The molecule has 2 aliphatic rings. The molecule has 1 aliphatic heterocycles. The van der Waals surface area contributed by atoms with Crippen LogP contribution in [0.15, 0.2) is 23.5 Å². The maximum absolute atomic E-state index is 6.16. The van der Waals surface area contributed by atoms with Crippen LogP contribution in [0.3, 0.4) is 0 Å². The van der Waals surface area contributed by atoms with E-state index in [0.717, 1.165) is 56.4 Å². The van der Waals surface area contributed by atoms with Crippen LogP contribution in [0.25, 0.3) is 0 Å². The molecule has 6 nitrogen and oxygen atoms in total. The van der Waals surface area contributed by atoms with Gasteiger partial charge in [-0.25, -0.2) is 9.97 Å². The van der Waals surface area contributed by atoms with Crippen LogP contribution in [-0.4, -0.2) is 53.6 Å². The van der Waals surface area contributed by atoms with Gasteiger partial charge < -0.3 is 15.5 Å². The molecule has 1 saturated heterocycles. The highest BCUT2D eigenvalue weighted by Crippen LogP contribution is 2.44. The van der Waals surface area contributed by atoms with Gasteiger partial charge in [-0.2, -0.15) is 0 Å². The van der Waals surface area contributed by atoms with Gasteiger partial charge in [-0.3, -0.25) is 4.99 Å². The van der Waals surface area contributed by atoms with Crippen LogP contribution in [0.2, 0.25) is 0 Å². The Morgan fingerprint density at radius 2 is 1.95 bits per heavy atom. The Bertz CT molecular complexity index is 507. The molecule has 0 amide bonds. The number of aliphatic imine (C=N–C) groups is 1. The number of piperazine rings is 1. The van der Waals surface area contributed by atoms with E-state index in [1.54, 1.807) is 12.4 Å². The Morgan fingerprint density at radius 1 is 1.27 bits per heavy atom. The summed E-state index contributed by atoms with van der Waals surface area (Å²) >= 11 is 0. The minimum atomic E-state index is 0.697. The first-order chi connectivity index (χ1) is 10.6. The van der Waals surface area contributed by atoms with Gasteiger partial charge in [-0.15, -0.1) is 0 Å². The molecular formula is C16H26N6. The molecule has 0 radical (unpaired) electrons. The van der Waals surface area contributed by atoms with Crippen LogP contribution >= 0.6 is 0 Å². The molecule has 1 aliphatic carbocycles. The molecule has 22 heavy (non-hydrogen) atoms. The average Bonchev–Trinajstić information content (AvgIpc) is 3.34. The molecule has 2 fully saturated rings. The fourth-order valence-electron chi connectivity index (χ4n) is 3.20. The molecule has 0 spiro atoms. The lowest BCUT2D eigenvalue weighted by molar-refractivity contribution is 0.377. The number of rotatable bonds is 4. The predicted octanol–water partition coefficient (Wildman–Crippen LogP) is 1.21. The third-order valence-corrected chi connectivity index (χ3v) is 4.76. The van der Waals surface area contributed by atoms with Crippen molar-refractivity contribution in [3.63, 3.8) is 0 Å². The first kappa shape index (κ1) is 15.1. The Morgan fingerprint density at radius 3 is 2.55 bits per heavy atom. The van der Waals surface area contributed by atoms with E-state index in [9.17, 15) is 0 Å². The highest BCUT2D eigenvalue weighted by molar-refractivity contribution is 5.78. The molecule has 6 heteroatoms. The second-order valence-electron chi connectivity index (χ2n) is 6.63. The van der Waals surface area contributed by atoms with Gasteiger partial charge in [0.25, 0.3) is 0 Å². The zero-order chi connectivity index (χ0) is 15.5. The lowest BCUT2D eigenvalue weighted by atomic mass is 10.1. The van der Waals surface area contributed by atoms with Gasteiger partial charge in [-0.05, 0) is 30.2 Å². The largest absolute Gasteiger partial charge is 0.370 e. The minimum Gasteiger partial charge on any atom is -0.370 e. The Balaban J connectivity index is 1.47. The van der Waals surface area contributed by atoms with Gasteiger partial charge in [-0.1, -0.05) is 13.8 Å². The third-order valence-electron chi connectivity index (χ3n) is 4.76. The van der Waals surface area contributed by atoms with E-state index in [1.165, 1.54) is 6.42 Å². The molecule has 1 aromatic heterocycles. The highest BCUT2D eigenvalue weighted by atomic mass is 15.3. The first-order valence-corrected chi connectivity index (χ1v) is 8.22. The Labute approximate surface area is 132 Å². The van der Waals surface area contributed by atoms with E-state index in [4.69, 9.17) is 5.73 Å². The van der Waals surface area contributed by atoms with E-state index >= 15 is 0 Å². The molecule has 120 valence electrons. The number of guanidine groups is 1. The Kier molecular flexibility index (Phi) is 4.45. The van der Waals surface area contributed by atoms with Crippen molar-refractivity contribution in [1.29, 1.82) is 0 Å². The van der Waals surface area contributed by atoms with Gasteiger partial charge in [0.1, 0.15) is 0 Å². The SMILES string of the molecule is CC(C)[C@@H]1C[C@H]1CN=C(N)N1CCN(c2ncccn2)CC1. The monoisotopic (exact) mass is 302 g/mol. The molecule has 0 bridgehead atoms. The number of nitrogens with two attached hydrogens (primary N) is 1. The zero-order valence-corrected chi connectivity index (χ0v) is 13.5. The van der Waals surface area contributed by atoms with E-state index < -0.39 is 0 Å². The van der Waals surface area contributed by atoms with Crippen LogP contribution in [-0.2, 0) is 0 Å². The summed E-state index contributed by atoms with van der Waals surface area (Å²) in [7, 11) is 0. The quantitative estimate of drug-likeness (QED) is 0.668. The summed E-state index contributed by atoms with van der Waals surface area (Å²) in [6.07, 6.45) is 4.88. The number of nitrogens with zero attached hydrogens (tertiary/aromatic N) is 5. The van der Waals surface area contributed by atoms with Crippen molar-refractivity contribution in [3.8, 4) is 0 Å². The van der Waals surface area contributed by atoms with Gasteiger partial charge in [0.05, 0.1) is 0 Å². The van der Waals surface area contributed by atoms with Crippen molar-refractivity contribution in [1.82, 2.24) is 14.9 Å². The summed E-state index contributed by atoms with van der Waals surface area (Å²) in [5.74, 6) is 3.87. The maximum Gasteiger partial charge on any atom is 0.225 e. The molecule has 2 heterocycles. The van der Waals surface area contributed by atoms with Crippen molar-refractivity contribution in [2.24, 2.45) is 28.5 Å². The van der Waals surface area contributed by atoms with E-state index in [-0.39, 0.29) is 0 Å². The van der Waals surface area contributed by atoms with Crippen molar-refractivity contribution < 1.29 is 0 Å². The van der Waals surface area contributed by atoms with Crippen LogP contribution in [0, 0.1) is 17.8 Å². The fourth-order valence-corrected chi connectivity index (χ4v) is 3.20. The van der Waals surface area contributed by atoms with E-state index in [2.05, 4.69) is 38.6 Å². The van der Waals surface area contributed by atoms with Crippen LogP contribution in [0.1, 0.15) is 20.3 Å². The number of aromatic nitrogens is 2. The number of hydrogen-bond acceptors (Lipinski definition) is 4. The lowest BCUT2D eigenvalue weighted by Crippen LogP contribution is -2.51. The zero-order valence-electron chi connectivity index (χ0n) is 13.5. The van der Waals surface area contributed by atoms with Crippen LogP contribution in [0.5, 0.6) is 0 Å². The van der Waals surface area contributed by atoms with Gasteiger partial charge in [0, 0.05) is 45.1 Å². The van der Waals surface area contributed by atoms with Gasteiger partial charge in [0.15, 0.2) is 5.96 Å². The average molecular weight is 302 g/mol. The minimum absolute atomic E-state index is 0.697. The normalized spacial score (nSPS) is 25.7. The molecule has 1 saturated carbocycles. The van der Waals surface area contributed by atoms with E-state index in [0.29, 0.717) is 5.96 Å². The first-order valence-electron chi connectivity index (χ1n) is 8.22. The second kappa shape index (κ2) is 6.50. The summed E-state index contributed by atoms with van der Waals surface area (Å²) < 4.78 is 0. The molecule has 3 rings (SSSR count). The van der Waals surface area contributed by atoms with Gasteiger partial charge in [0.2, 0.25) is 5.95 Å². The number of anilines is 1. The smallest absolute Gasteiger partial charge is 0.225 e. The van der Waals surface area contributed by atoms with Crippen LogP contribution in [0.4, 0.5) is 5.95 Å². The molecular weight excluding hydrogens is 276 g/mol. The third kappa shape index (κ3) is 3.48. The summed E-state index contributed by atoms with van der Waals surface area (Å²) in [4.78, 5) is 17.6. The highest BCUT2D eigenvalue weighted by Gasteiger charge is 2.38. The molecule has 0 aromatic carbocycles. The summed E-state index contributed by atoms with van der Waals surface area (Å²) in [6, 6.07) is 1.84. The van der Waals surface area contributed by atoms with Gasteiger partial charge >= 0.3 is 0 Å². The van der Waals surface area contributed by atoms with Crippen molar-refractivity contribution in [2.75, 3.05) is 37.6 Å². The van der Waals surface area contributed by atoms with Crippen molar-refractivity contribution >= 4 is 11.9 Å². The number of hydrogen-bond donors (Lipinski definition) is 1. The second-order valence-corrected chi connectivity index (χ2v) is 6.63. The standard InChI is InChI=1S/C16H26N6/c1-12(2)14-10-13(14)11-20-15(17)21-6-8-22(9-7-21)16-18-4-3-5-19-16/h3-5,12-14H,6-11H2,1-2H3,(H2,17,20)/t13-,14-/m0/s1. The molecule has 1 aromatic rings. The van der Waals surface area contributed by atoms with Crippen molar-refractivity contribution in [3.05, 3.63) is 18.5 Å². The Hall–Kier alpha value is -1.85. The lowest BCUT2D eigenvalue weighted by Gasteiger charge is -2.35. The van der Waals surface area contributed by atoms with Crippen LogP contribution < -0.4 is 10.6 Å². The molecule has 0 unspecified atom stereocenters. The summed E-state index contributed by atoms with van der Waals surface area (Å²) in [5, 5.41) is 0. The van der Waals surface area contributed by atoms with Crippen molar-refractivity contribution in [2.45, 2.75) is 20.3 Å². The maximum atomic E-state index is 6.16. The topological polar surface area (TPSA) is 70.6 Å². The summed E-state index contributed by atoms with van der Waals surface area (Å²) in [6.45, 7) is 9.01. The summed E-state index contributed by atoms with van der Waals surface area (Å²) in [5.41, 5.74) is 6.16. The molecule has 2 atom stereocenters. The predicted molar refractivity (Wildman–Crippen MR) is 88.7 cm³/mol. The molecule has 2 N–H and O–H groups in total. The van der Waals surface area contributed by atoms with E-state index in [1.807, 2.05) is 6.07 Å². The fraction of sp³-hybridized carbons (Fsp3) is 0.688.